The lowest BCUT2D eigenvalue weighted by atomic mass is 10.3. The third kappa shape index (κ3) is 6.13. The number of rotatable bonds is 9. The standard InChI is InChI=1S/C15H22O4/c1-3-5-11-18-15(16)12-19-14-9-7-6-8-13(14)17-10-4-2/h6-9H,3-5,10-12H2,1-2H3. The fourth-order valence-electron chi connectivity index (χ4n) is 1.41. The van der Waals surface area contributed by atoms with Gasteiger partial charge in [-0.15, -0.1) is 0 Å². The van der Waals surface area contributed by atoms with Gasteiger partial charge in [0.05, 0.1) is 13.2 Å². The first-order chi connectivity index (χ1) is 9.27. The predicted molar refractivity (Wildman–Crippen MR) is 73.6 cm³/mol. The van der Waals surface area contributed by atoms with E-state index in [0.717, 1.165) is 19.3 Å². The van der Waals surface area contributed by atoms with Gasteiger partial charge in [-0.3, -0.25) is 0 Å². The van der Waals surface area contributed by atoms with Crippen LogP contribution in [0.25, 0.3) is 0 Å². The summed E-state index contributed by atoms with van der Waals surface area (Å²) in [6, 6.07) is 7.33. The van der Waals surface area contributed by atoms with E-state index < -0.39 is 0 Å². The quantitative estimate of drug-likeness (QED) is 0.508. The second kappa shape index (κ2) is 9.25. The Labute approximate surface area is 114 Å². The molecule has 1 aromatic carbocycles. The molecule has 1 aromatic rings. The minimum absolute atomic E-state index is 0.0871. The van der Waals surface area contributed by atoms with Crippen molar-refractivity contribution in [1.82, 2.24) is 0 Å². The fraction of sp³-hybridized carbons (Fsp3) is 0.533. The highest BCUT2D eigenvalue weighted by Gasteiger charge is 2.08. The van der Waals surface area contributed by atoms with Crippen LogP contribution in [-0.2, 0) is 9.53 Å². The Bertz CT molecular complexity index is 376. The van der Waals surface area contributed by atoms with Crippen LogP contribution >= 0.6 is 0 Å². The van der Waals surface area contributed by atoms with E-state index in [1.54, 1.807) is 6.07 Å². The van der Waals surface area contributed by atoms with E-state index in [0.29, 0.717) is 24.7 Å². The van der Waals surface area contributed by atoms with Crippen molar-refractivity contribution in [1.29, 1.82) is 0 Å². The number of unbranched alkanes of at least 4 members (excludes halogenated alkanes) is 1. The highest BCUT2D eigenvalue weighted by atomic mass is 16.6. The zero-order valence-electron chi connectivity index (χ0n) is 11.7. The molecule has 19 heavy (non-hydrogen) atoms. The zero-order chi connectivity index (χ0) is 13.9. The van der Waals surface area contributed by atoms with Gasteiger partial charge in [0.1, 0.15) is 0 Å². The minimum atomic E-state index is -0.348. The molecular formula is C15H22O4. The van der Waals surface area contributed by atoms with Gasteiger partial charge in [-0.05, 0) is 25.0 Å². The molecule has 0 aliphatic rings. The summed E-state index contributed by atoms with van der Waals surface area (Å²) in [6.07, 6.45) is 2.80. The summed E-state index contributed by atoms with van der Waals surface area (Å²) in [5.41, 5.74) is 0. The van der Waals surface area contributed by atoms with Crippen LogP contribution in [-0.4, -0.2) is 25.8 Å². The molecule has 0 bridgehead atoms. The summed E-state index contributed by atoms with van der Waals surface area (Å²) in [5, 5.41) is 0. The van der Waals surface area contributed by atoms with Gasteiger partial charge in [-0.1, -0.05) is 32.4 Å². The number of para-hydroxylation sites is 2. The van der Waals surface area contributed by atoms with Crippen molar-refractivity contribution in [2.24, 2.45) is 0 Å². The molecule has 0 saturated heterocycles. The van der Waals surface area contributed by atoms with Crippen molar-refractivity contribution in [3.63, 3.8) is 0 Å². The van der Waals surface area contributed by atoms with Gasteiger partial charge in [-0.2, -0.15) is 0 Å². The maximum Gasteiger partial charge on any atom is 0.344 e. The van der Waals surface area contributed by atoms with Crippen molar-refractivity contribution in [3.05, 3.63) is 24.3 Å². The van der Waals surface area contributed by atoms with E-state index in [9.17, 15) is 4.79 Å². The number of benzene rings is 1. The van der Waals surface area contributed by atoms with Gasteiger partial charge >= 0.3 is 5.97 Å². The highest BCUT2D eigenvalue weighted by Crippen LogP contribution is 2.26. The normalized spacial score (nSPS) is 10.0. The van der Waals surface area contributed by atoms with E-state index in [4.69, 9.17) is 14.2 Å². The van der Waals surface area contributed by atoms with E-state index in [2.05, 4.69) is 0 Å². The average Bonchev–Trinajstić information content (AvgIpc) is 2.44. The Morgan fingerprint density at radius 3 is 2.32 bits per heavy atom. The SMILES string of the molecule is CCCCOC(=O)COc1ccccc1OCCC. The summed E-state index contributed by atoms with van der Waals surface area (Å²) in [6.45, 7) is 5.07. The lowest BCUT2D eigenvalue weighted by Crippen LogP contribution is -2.15. The number of hydrogen-bond acceptors (Lipinski definition) is 4. The highest BCUT2D eigenvalue weighted by molar-refractivity contribution is 5.71. The second-order valence-corrected chi connectivity index (χ2v) is 4.16. The van der Waals surface area contributed by atoms with Crippen LogP contribution in [0.5, 0.6) is 11.5 Å². The van der Waals surface area contributed by atoms with Crippen LogP contribution in [0.1, 0.15) is 33.1 Å². The van der Waals surface area contributed by atoms with Crippen LogP contribution in [0.4, 0.5) is 0 Å². The molecule has 4 heteroatoms. The molecule has 0 atom stereocenters. The molecule has 0 radical (unpaired) electrons. The molecular weight excluding hydrogens is 244 g/mol. The maximum atomic E-state index is 11.4. The number of carbonyl (C=O) groups is 1. The summed E-state index contributed by atoms with van der Waals surface area (Å²) in [4.78, 5) is 11.4. The molecule has 106 valence electrons. The monoisotopic (exact) mass is 266 g/mol. The number of hydrogen-bond donors (Lipinski definition) is 0. The molecule has 0 spiro atoms. The van der Waals surface area contributed by atoms with Crippen molar-refractivity contribution >= 4 is 5.97 Å². The first-order valence-electron chi connectivity index (χ1n) is 6.78. The first kappa shape index (κ1) is 15.3. The van der Waals surface area contributed by atoms with Crippen LogP contribution in [0.2, 0.25) is 0 Å². The molecule has 0 heterocycles. The van der Waals surface area contributed by atoms with Crippen LogP contribution < -0.4 is 9.47 Å². The smallest absolute Gasteiger partial charge is 0.344 e. The van der Waals surface area contributed by atoms with Crippen molar-refractivity contribution in [2.75, 3.05) is 19.8 Å². The number of carbonyl (C=O) groups excluding carboxylic acids is 1. The van der Waals surface area contributed by atoms with Gasteiger partial charge in [0.2, 0.25) is 0 Å². The molecule has 0 aliphatic heterocycles. The molecule has 0 amide bonds. The molecule has 0 unspecified atom stereocenters. The fourth-order valence-corrected chi connectivity index (χ4v) is 1.41. The Morgan fingerprint density at radius 2 is 1.68 bits per heavy atom. The Morgan fingerprint density at radius 1 is 1.00 bits per heavy atom. The van der Waals surface area contributed by atoms with Gasteiger partial charge in [0.25, 0.3) is 0 Å². The average molecular weight is 266 g/mol. The summed E-state index contributed by atoms with van der Waals surface area (Å²) in [5.74, 6) is 0.882. The zero-order valence-corrected chi connectivity index (χ0v) is 11.7. The number of esters is 1. The summed E-state index contributed by atoms with van der Waals surface area (Å²) < 4.78 is 16.0. The third-order valence-electron chi connectivity index (χ3n) is 2.42. The van der Waals surface area contributed by atoms with Crippen LogP contribution in [0.3, 0.4) is 0 Å². The Balaban J connectivity index is 2.41. The topological polar surface area (TPSA) is 44.8 Å². The Hall–Kier alpha value is -1.71. The largest absolute Gasteiger partial charge is 0.490 e. The lowest BCUT2D eigenvalue weighted by molar-refractivity contribution is -0.146. The van der Waals surface area contributed by atoms with Crippen LogP contribution in [0.15, 0.2) is 24.3 Å². The van der Waals surface area contributed by atoms with E-state index >= 15 is 0 Å². The number of ether oxygens (including phenoxy) is 3. The maximum absolute atomic E-state index is 11.4. The van der Waals surface area contributed by atoms with E-state index in [1.165, 1.54) is 0 Å². The second-order valence-electron chi connectivity index (χ2n) is 4.16. The molecule has 0 saturated carbocycles. The first-order valence-corrected chi connectivity index (χ1v) is 6.78. The van der Waals surface area contributed by atoms with Crippen LogP contribution in [0, 0.1) is 0 Å². The van der Waals surface area contributed by atoms with Gasteiger partial charge < -0.3 is 14.2 Å². The van der Waals surface area contributed by atoms with E-state index in [1.807, 2.05) is 32.0 Å². The van der Waals surface area contributed by atoms with Gasteiger partial charge in [0.15, 0.2) is 18.1 Å². The minimum Gasteiger partial charge on any atom is -0.490 e. The third-order valence-corrected chi connectivity index (χ3v) is 2.42. The molecule has 4 nitrogen and oxygen atoms in total. The molecule has 0 aliphatic carbocycles. The van der Waals surface area contributed by atoms with Crippen molar-refractivity contribution in [3.8, 4) is 11.5 Å². The predicted octanol–water partition coefficient (Wildman–Crippen LogP) is 3.20. The summed E-state index contributed by atoms with van der Waals surface area (Å²) in [7, 11) is 0. The van der Waals surface area contributed by atoms with Gasteiger partial charge in [-0.25, -0.2) is 4.79 Å². The van der Waals surface area contributed by atoms with Crippen molar-refractivity contribution < 1.29 is 19.0 Å². The lowest BCUT2D eigenvalue weighted by Gasteiger charge is -2.11. The molecule has 1 rings (SSSR count). The molecule has 0 aromatic heterocycles. The van der Waals surface area contributed by atoms with Gasteiger partial charge in [0, 0.05) is 0 Å². The Kier molecular flexibility index (Phi) is 7.47. The molecule has 0 fully saturated rings. The van der Waals surface area contributed by atoms with Crippen molar-refractivity contribution in [2.45, 2.75) is 33.1 Å². The van der Waals surface area contributed by atoms with E-state index in [-0.39, 0.29) is 12.6 Å². The summed E-state index contributed by atoms with van der Waals surface area (Å²) >= 11 is 0. The molecule has 0 N–H and O–H groups in total.